The first-order chi connectivity index (χ1) is 12.2. The summed E-state index contributed by atoms with van der Waals surface area (Å²) in [5.41, 5.74) is 11.1. The van der Waals surface area contributed by atoms with Crippen LogP contribution in [0.1, 0.15) is 29.0 Å². The molecule has 1 atom stereocenters. The van der Waals surface area contributed by atoms with Crippen LogP contribution in [-0.4, -0.2) is 16.7 Å². The van der Waals surface area contributed by atoms with Gasteiger partial charge in [-0.1, -0.05) is 24.3 Å². The highest BCUT2D eigenvalue weighted by Gasteiger charge is 2.21. The van der Waals surface area contributed by atoms with E-state index in [0.717, 1.165) is 36.3 Å². The lowest BCUT2D eigenvalue weighted by Crippen LogP contribution is -2.12. The molecule has 0 saturated carbocycles. The molecule has 0 aliphatic carbocycles. The summed E-state index contributed by atoms with van der Waals surface area (Å²) in [5, 5.41) is 11.6. The van der Waals surface area contributed by atoms with Crippen molar-refractivity contribution in [1.29, 1.82) is 0 Å². The van der Waals surface area contributed by atoms with Gasteiger partial charge in [-0.15, -0.1) is 10.2 Å². The van der Waals surface area contributed by atoms with Crippen molar-refractivity contribution in [2.75, 3.05) is 12.3 Å². The van der Waals surface area contributed by atoms with Gasteiger partial charge < -0.3 is 11.1 Å². The number of nitrogens with one attached hydrogen (secondary N) is 1. The van der Waals surface area contributed by atoms with Crippen LogP contribution in [0.3, 0.4) is 0 Å². The van der Waals surface area contributed by atoms with Gasteiger partial charge in [-0.3, -0.25) is 0 Å². The molecule has 1 aliphatic rings. The Morgan fingerprint density at radius 3 is 2.60 bits per heavy atom. The SMILES string of the molecule is Nc1ccc(-c2ccc3c(c2)CNCCC3c2ccc(F)cc2)nn1. The maximum absolute atomic E-state index is 13.3. The third kappa shape index (κ3) is 3.23. The Kier molecular flexibility index (Phi) is 4.15. The van der Waals surface area contributed by atoms with Gasteiger partial charge in [0.25, 0.3) is 0 Å². The molecule has 126 valence electrons. The number of nitrogen functional groups attached to an aromatic ring is 1. The van der Waals surface area contributed by atoms with E-state index in [1.54, 1.807) is 6.07 Å². The average molecular weight is 334 g/mol. The second-order valence-corrected chi connectivity index (χ2v) is 6.33. The van der Waals surface area contributed by atoms with Crippen LogP contribution >= 0.6 is 0 Å². The van der Waals surface area contributed by atoms with Gasteiger partial charge >= 0.3 is 0 Å². The normalized spacial score (nSPS) is 16.9. The highest BCUT2D eigenvalue weighted by Crippen LogP contribution is 2.34. The number of rotatable bonds is 2. The van der Waals surface area contributed by atoms with E-state index in [1.165, 1.54) is 23.3 Å². The van der Waals surface area contributed by atoms with Gasteiger partial charge in [0.2, 0.25) is 0 Å². The Morgan fingerprint density at radius 1 is 1.00 bits per heavy atom. The number of fused-ring (bicyclic) bond motifs is 1. The molecule has 5 heteroatoms. The van der Waals surface area contributed by atoms with Gasteiger partial charge in [0, 0.05) is 18.0 Å². The maximum atomic E-state index is 13.3. The van der Waals surface area contributed by atoms with E-state index in [1.807, 2.05) is 18.2 Å². The molecule has 0 bridgehead atoms. The van der Waals surface area contributed by atoms with Crippen molar-refractivity contribution in [2.45, 2.75) is 18.9 Å². The fraction of sp³-hybridized carbons (Fsp3) is 0.200. The summed E-state index contributed by atoms with van der Waals surface area (Å²) in [4.78, 5) is 0. The fourth-order valence-corrected chi connectivity index (χ4v) is 3.42. The third-order valence-electron chi connectivity index (χ3n) is 4.70. The van der Waals surface area contributed by atoms with Crippen molar-refractivity contribution in [3.63, 3.8) is 0 Å². The number of hydrogen-bond acceptors (Lipinski definition) is 4. The summed E-state index contributed by atoms with van der Waals surface area (Å²) >= 11 is 0. The second-order valence-electron chi connectivity index (χ2n) is 6.33. The lowest BCUT2D eigenvalue weighted by Gasteiger charge is -2.18. The summed E-state index contributed by atoms with van der Waals surface area (Å²) in [6, 6.07) is 16.9. The zero-order valence-corrected chi connectivity index (χ0v) is 13.7. The Balaban J connectivity index is 1.74. The minimum atomic E-state index is -0.201. The Morgan fingerprint density at radius 2 is 1.84 bits per heavy atom. The Hall–Kier alpha value is -2.79. The first-order valence-electron chi connectivity index (χ1n) is 8.39. The summed E-state index contributed by atoms with van der Waals surface area (Å²) in [6.45, 7) is 1.73. The number of aromatic nitrogens is 2. The topological polar surface area (TPSA) is 63.8 Å². The highest BCUT2D eigenvalue weighted by atomic mass is 19.1. The van der Waals surface area contributed by atoms with Crippen molar-refractivity contribution < 1.29 is 4.39 Å². The molecule has 1 unspecified atom stereocenters. The zero-order valence-electron chi connectivity index (χ0n) is 13.7. The zero-order chi connectivity index (χ0) is 17.2. The van der Waals surface area contributed by atoms with Crippen molar-refractivity contribution >= 4 is 5.82 Å². The molecular weight excluding hydrogens is 315 g/mol. The van der Waals surface area contributed by atoms with Crippen LogP contribution in [0.15, 0.2) is 54.6 Å². The van der Waals surface area contributed by atoms with E-state index in [-0.39, 0.29) is 11.7 Å². The van der Waals surface area contributed by atoms with Gasteiger partial charge in [0.15, 0.2) is 0 Å². The molecule has 25 heavy (non-hydrogen) atoms. The smallest absolute Gasteiger partial charge is 0.146 e. The maximum Gasteiger partial charge on any atom is 0.146 e. The summed E-state index contributed by atoms with van der Waals surface area (Å²) < 4.78 is 13.3. The second kappa shape index (κ2) is 6.61. The van der Waals surface area contributed by atoms with E-state index in [9.17, 15) is 4.39 Å². The van der Waals surface area contributed by atoms with Gasteiger partial charge in [0.05, 0.1) is 5.69 Å². The molecule has 2 heterocycles. The molecule has 0 fully saturated rings. The fourth-order valence-electron chi connectivity index (χ4n) is 3.42. The molecule has 0 radical (unpaired) electrons. The Bertz CT molecular complexity index is 875. The van der Waals surface area contributed by atoms with Crippen LogP contribution in [0.5, 0.6) is 0 Å². The molecular formula is C20H19FN4. The van der Waals surface area contributed by atoms with E-state index < -0.39 is 0 Å². The number of nitrogens with zero attached hydrogens (tertiary/aromatic N) is 2. The molecule has 4 rings (SSSR count). The summed E-state index contributed by atoms with van der Waals surface area (Å²) in [5.74, 6) is 0.474. The van der Waals surface area contributed by atoms with E-state index >= 15 is 0 Å². The minimum Gasteiger partial charge on any atom is -0.382 e. The van der Waals surface area contributed by atoms with E-state index in [0.29, 0.717) is 5.82 Å². The van der Waals surface area contributed by atoms with Gasteiger partial charge in [-0.05, 0) is 60.0 Å². The number of halogens is 1. The van der Waals surface area contributed by atoms with Gasteiger partial charge in [-0.2, -0.15) is 0 Å². The molecule has 3 aromatic rings. The van der Waals surface area contributed by atoms with Crippen molar-refractivity contribution in [3.8, 4) is 11.3 Å². The molecule has 0 saturated heterocycles. The molecule has 1 aromatic heterocycles. The predicted molar refractivity (Wildman–Crippen MR) is 96.4 cm³/mol. The van der Waals surface area contributed by atoms with Gasteiger partial charge in [-0.25, -0.2) is 4.39 Å². The van der Waals surface area contributed by atoms with Crippen molar-refractivity contribution in [1.82, 2.24) is 15.5 Å². The number of nitrogens with two attached hydrogens (primary N) is 1. The van der Waals surface area contributed by atoms with Crippen LogP contribution in [0, 0.1) is 5.82 Å². The van der Waals surface area contributed by atoms with Crippen LogP contribution in [0.2, 0.25) is 0 Å². The molecule has 3 N–H and O–H groups in total. The monoisotopic (exact) mass is 334 g/mol. The Labute approximate surface area is 145 Å². The largest absolute Gasteiger partial charge is 0.382 e. The predicted octanol–water partition coefficient (Wildman–Crippen LogP) is 3.49. The molecule has 4 nitrogen and oxygen atoms in total. The molecule has 0 amide bonds. The highest BCUT2D eigenvalue weighted by molar-refractivity contribution is 5.62. The van der Waals surface area contributed by atoms with Crippen LogP contribution in [-0.2, 0) is 6.54 Å². The van der Waals surface area contributed by atoms with Crippen LogP contribution in [0.4, 0.5) is 10.2 Å². The standard InChI is InChI=1S/C20H19FN4/c21-16-4-1-13(2-5-16)18-9-10-23-12-15-11-14(3-6-17(15)18)19-7-8-20(22)25-24-19/h1-8,11,18,23H,9-10,12H2,(H2,22,25). The number of anilines is 1. The number of hydrogen-bond donors (Lipinski definition) is 2. The number of benzene rings is 2. The van der Waals surface area contributed by atoms with E-state index in [4.69, 9.17) is 5.73 Å². The third-order valence-corrected chi connectivity index (χ3v) is 4.70. The van der Waals surface area contributed by atoms with E-state index in [2.05, 4.69) is 33.7 Å². The lowest BCUT2D eigenvalue weighted by molar-refractivity contribution is 0.622. The summed E-state index contributed by atoms with van der Waals surface area (Å²) in [6.07, 6.45) is 0.986. The van der Waals surface area contributed by atoms with Crippen molar-refractivity contribution in [3.05, 3.63) is 77.1 Å². The summed E-state index contributed by atoms with van der Waals surface area (Å²) in [7, 11) is 0. The van der Waals surface area contributed by atoms with Crippen LogP contribution in [0.25, 0.3) is 11.3 Å². The van der Waals surface area contributed by atoms with Gasteiger partial charge in [0.1, 0.15) is 11.6 Å². The first kappa shape index (κ1) is 15.7. The van der Waals surface area contributed by atoms with Crippen molar-refractivity contribution in [2.24, 2.45) is 0 Å². The molecule has 2 aromatic carbocycles. The lowest BCUT2D eigenvalue weighted by atomic mass is 9.86. The van der Waals surface area contributed by atoms with Crippen LogP contribution < -0.4 is 11.1 Å². The first-order valence-corrected chi connectivity index (χ1v) is 8.39. The minimum absolute atomic E-state index is 0.201. The quantitative estimate of drug-likeness (QED) is 0.753. The average Bonchev–Trinajstić information content (AvgIpc) is 2.85. The molecule has 1 aliphatic heterocycles. The molecule has 0 spiro atoms.